The van der Waals surface area contributed by atoms with Crippen LogP contribution in [0.1, 0.15) is 59.0 Å². The number of carboxylic acids is 1. The fourth-order valence-corrected chi connectivity index (χ4v) is 4.46. The number of aromatic carboxylic acids is 1. The predicted molar refractivity (Wildman–Crippen MR) is 102 cm³/mol. The molecule has 136 valence electrons. The summed E-state index contributed by atoms with van der Waals surface area (Å²) in [5.41, 5.74) is 4.75. The minimum atomic E-state index is -0.966. The van der Waals surface area contributed by atoms with E-state index >= 15 is 0 Å². The molecule has 2 heterocycles. The van der Waals surface area contributed by atoms with E-state index in [2.05, 4.69) is 30.4 Å². The first-order valence-electron chi connectivity index (χ1n) is 9.12. The average molecular weight is 372 g/mol. The Bertz CT molecular complexity index is 851. The molecule has 3 atom stereocenters. The Morgan fingerprint density at radius 3 is 2.85 bits per heavy atom. The summed E-state index contributed by atoms with van der Waals surface area (Å²) in [6.45, 7) is 2.93. The highest BCUT2D eigenvalue weighted by Gasteiger charge is 2.40. The quantitative estimate of drug-likeness (QED) is 0.775. The molecule has 0 aromatic heterocycles. The summed E-state index contributed by atoms with van der Waals surface area (Å²) < 4.78 is 6.18. The second-order valence-electron chi connectivity index (χ2n) is 7.04. The summed E-state index contributed by atoms with van der Waals surface area (Å²) in [6, 6.07) is 11.5. The highest BCUT2D eigenvalue weighted by Crippen LogP contribution is 2.50. The minimum absolute atomic E-state index is 0.00983. The van der Waals surface area contributed by atoms with Gasteiger partial charge in [-0.3, -0.25) is 0 Å². The van der Waals surface area contributed by atoms with Crippen LogP contribution in [-0.2, 0) is 11.2 Å². The fourth-order valence-electron chi connectivity index (χ4n) is 4.16. The maximum Gasteiger partial charge on any atom is 0.335 e. The molecular formula is C21H22ClNO3. The zero-order valence-corrected chi connectivity index (χ0v) is 15.4. The lowest BCUT2D eigenvalue weighted by atomic mass is 9.77. The Morgan fingerprint density at radius 2 is 2.12 bits per heavy atom. The van der Waals surface area contributed by atoms with E-state index in [4.69, 9.17) is 16.3 Å². The number of aryl methyl sites for hydroxylation is 1. The third-order valence-electron chi connectivity index (χ3n) is 5.52. The smallest absolute Gasteiger partial charge is 0.335 e. The van der Waals surface area contributed by atoms with Crippen LogP contribution in [0.25, 0.3) is 0 Å². The van der Waals surface area contributed by atoms with Crippen LogP contribution in [0.4, 0.5) is 5.69 Å². The van der Waals surface area contributed by atoms with Gasteiger partial charge in [0.1, 0.15) is 0 Å². The molecule has 2 aliphatic rings. The lowest BCUT2D eigenvalue weighted by molar-refractivity contribution is -0.0381. The molecule has 1 saturated heterocycles. The van der Waals surface area contributed by atoms with Crippen LogP contribution in [-0.4, -0.2) is 17.7 Å². The van der Waals surface area contributed by atoms with Gasteiger partial charge in [-0.05, 0) is 48.6 Å². The van der Waals surface area contributed by atoms with Gasteiger partial charge in [0.05, 0.1) is 17.7 Å². The Morgan fingerprint density at radius 1 is 1.27 bits per heavy atom. The second-order valence-corrected chi connectivity index (χ2v) is 7.44. The standard InChI is InChI=1S/C21H22ClNO3/c1-2-12-5-8-18-16(10-12)20-15(4-3-9-26-20)19(23-18)14-7-6-13(21(24)25)11-17(14)22/h5-8,10-11,15,19-20,23H,2-4,9H2,1H3,(H,24,25). The Balaban J connectivity index is 1.76. The molecule has 0 amide bonds. The van der Waals surface area contributed by atoms with Crippen molar-refractivity contribution in [2.24, 2.45) is 5.92 Å². The number of carbonyl (C=O) groups is 1. The summed E-state index contributed by atoms with van der Waals surface area (Å²) in [6.07, 6.45) is 3.12. The van der Waals surface area contributed by atoms with E-state index in [0.717, 1.165) is 37.1 Å². The number of rotatable bonds is 3. The molecule has 0 aliphatic carbocycles. The molecular weight excluding hydrogens is 350 g/mol. The molecule has 2 aromatic rings. The van der Waals surface area contributed by atoms with E-state index < -0.39 is 5.97 Å². The number of hydrogen-bond donors (Lipinski definition) is 2. The lowest BCUT2D eigenvalue weighted by Crippen LogP contribution is -2.36. The number of fused-ring (bicyclic) bond motifs is 3. The molecule has 3 unspecified atom stereocenters. The van der Waals surface area contributed by atoms with Gasteiger partial charge in [-0.1, -0.05) is 36.7 Å². The molecule has 4 rings (SSSR count). The van der Waals surface area contributed by atoms with Crippen molar-refractivity contribution in [1.82, 2.24) is 0 Å². The van der Waals surface area contributed by atoms with Crippen molar-refractivity contribution in [3.63, 3.8) is 0 Å². The van der Waals surface area contributed by atoms with Crippen molar-refractivity contribution < 1.29 is 14.6 Å². The second kappa shape index (κ2) is 6.93. The van der Waals surface area contributed by atoms with Crippen LogP contribution in [0.2, 0.25) is 5.02 Å². The van der Waals surface area contributed by atoms with Gasteiger partial charge in [0.15, 0.2) is 0 Å². The van der Waals surface area contributed by atoms with Crippen LogP contribution in [0, 0.1) is 5.92 Å². The highest BCUT2D eigenvalue weighted by atomic mass is 35.5. The zero-order chi connectivity index (χ0) is 18.3. The average Bonchev–Trinajstić information content (AvgIpc) is 2.67. The van der Waals surface area contributed by atoms with E-state index in [1.165, 1.54) is 17.2 Å². The molecule has 0 spiro atoms. The van der Waals surface area contributed by atoms with Gasteiger partial charge in [0.2, 0.25) is 0 Å². The van der Waals surface area contributed by atoms with Crippen molar-refractivity contribution in [2.45, 2.75) is 38.3 Å². The van der Waals surface area contributed by atoms with Gasteiger partial charge in [-0.2, -0.15) is 0 Å². The Kier molecular flexibility index (Phi) is 4.63. The van der Waals surface area contributed by atoms with Crippen molar-refractivity contribution in [2.75, 3.05) is 11.9 Å². The van der Waals surface area contributed by atoms with Crippen molar-refractivity contribution in [1.29, 1.82) is 0 Å². The van der Waals surface area contributed by atoms with Crippen molar-refractivity contribution in [3.8, 4) is 0 Å². The number of ether oxygens (including phenoxy) is 1. The van der Waals surface area contributed by atoms with Gasteiger partial charge in [0.25, 0.3) is 0 Å². The summed E-state index contributed by atoms with van der Waals surface area (Å²) in [5.74, 6) is -0.692. The van der Waals surface area contributed by atoms with E-state index in [1.54, 1.807) is 6.07 Å². The number of anilines is 1. The topological polar surface area (TPSA) is 58.6 Å². The third-order valence-corrected chi connectivity index (χ3v) is 5.85. The SMILES string of the molecule is CCc1ccc2c(c1)C1OCCCC1C(c1ccc(C(=O)O)cc1Cl)N2. The highest BCUT2D eigenvalue weighted by molar-refractivity contribution is 6.31. The Labute approximate surface area is 158 Å². The molecule has 0 saturated carbocycles. The Hall–Kier alpha value is -2.04. The van der Waals surface area contributed by atoms with E-state index in [0.29, 0.717) is 5.02 Å². The molecule has 2 aromatic carbocycles. The van der Waals surface area contributed by atoms with Gasteiger partial charge < -0.3 is 15.2 Å². The van der Waals surface area contributed by atoms with E-state index in [-0.39, 0.29) is 23.6 Å². The molecule has 0 radical (unpaired) electrons. The van der Waals surface area contributed by atoms with Crippen LogP contribution in [0.15, 0.2) is 36.4 Å². The maximum absolute atomic E-state index is 11.2. The lowest BCUT2D eigenvalue weighted by Gasteiger charge is -2.43. The number of nitrogens with one attached hydrogen (secondary N) is 1. The van der Waals surface area contributed by atoms with Crippen LogP contribution in [0.5, 0.6) is 0 Å². The van der Waals surface area contributed by atoms with Crippen molar-refractivity contribution >= 4 is 23.3 Å². The molecule has 26 heavy (non-hydrogen) atoms. The van der Waals surface area contributed by atoms with E-state index in [9.17, 15) is 9.90 Å². The number of hydrogen-bond acceptors (Lipinski definition) is 3. The molecule has 0 bridgehead atoms. The van der Waals surface area contributed by atoms with Gasteiger partial charge >= 0.3 is 5.97 Å². The summed E-state index contributed by atoms with van der Waals surface area (Å²) in [4.78, 5) is 11.2. The monoisotopic (exact) mass is 371 g/mol. The summed E-state index contributed by atoms with van der Waals surface area (Å²) in [5, 5.41) is 13.3. The first-order valence-corrected chi connectivity index (χ1v) is 9.50. The van der Waals surface area contributed by atoms with Gasteiger partial charge in [-0.15, -0.1) is 0 Å². The van der Waals surface area contributed by atoms with Crippen molar-refractivity contribution in [3.05, 3.63) is 63.7 Å². The maximum atomic E-state index is 11.2. The molecule has 4 nitrogen and oxygen atoms in total. The normalized spacial score (nSPS) is 24.3. The van der Waals surface area contributed by atoms with Crippen LogP contribution in [0.3, 0.4) is 0 Å². The molecule has 2 aliphatic heterocycles. The molecule has 5 heteroatoms. The minimum Gasteiger partial charge on any atom is -0.478 e. The van der Waals surface area contributed by atoms with Crippen LogP contribution >= 0.6 is 11.6 Å². The number of halogens is 1. The zero-order valence-electron chi connectivity index (χ0n) is 14.7. The van der Waals surface area contributed by atoms with Gasteiger partial charge in [-0.25, -0.2) is 4.79 Å². The summed E-state index contributed by atoms with van der Waals surface area (Å²) in [7, 11) is 0. The predicted octanol–water partition coefficient (Wildman–Crippen LogP) is 5.24. The fraction of sp³-hybridized carbons (Fsp3) is 0.381. The number of benzene rings is 2. The largest absolute Gasteiger partial charge is 0.478 e. The van der Waals surface area contributed by atoms with Crippen LogP contribution < -0.4 is 5.32 Å². The molecule has 2 N–H and O–H groups in total. The van der Waals surface area contributed by atoms with Gasteiger partial charge in [0, 0.05) is 28.8 Å². The third kappa shape index (κ3) is 2.97. The first-order chi connectivity index (χ1) is 12.6. The summed E-state index contributed by atoms with van der Waals surface area (Å²) >= 11 is 6.47. The molecule has 1 fully saturated rings. The first kappa shape index (κ1) is 17.4. The van der Waals surface area contributed by atoms with E-state index in [1.807, 2.05) is 6.07 Å². The number of carboxylic acid groups (broad SMARTS) is 1.